The summed E-state index contributed by atoms with van der Waals surface area (Å²) in [5.74, 6) is -0.886. The number of fused-ring (bicyclic) bond motifs is 3. The van der Waals surface area contributed by atoms with Crippen LogP contribution in [-0.2, 0) is 23.9 Å². The number of ketones is 1. The minimum Gasteiger partial charge on any atom is -0.428 e. The molecule has 1 aliphatic carbocycles. The zero-order valence-electron chi connectivity index (χ0n) is 20.6. The smallest absolute Gasteiger partial charge is 0.314 e. The van der Waals surface area contributed by atoms with Gasteiger partial charge in [-0.05, 0) is 76.3 Å². The number of hydrogen-bond donors (Lipinski definition) is 2. The standard InChI is InChI=1S/C26H36N2O6/c1-5-26(32,13-21(30)33-15-34-24(31)25(2,3)4)18-11-16-10-17-14-28-9-7-6-8-19(28)22(17)27-23(16)20(29)12-18/h7,9,12,17,19,22,27,32H,5-6,8,10-11,13-15H2,1-4H3. The number of carbonyl (C=O) groups is 3. The van der Waals surface area contributed by atoms with E-state index in [1.54, 1.807) is 27.7 Å². The average molecular weight is 473 g/mol. The van der Waals surface area contributed by atoms with Crippen molar-refractivity contribution < 1.29 is 29.0 Å². The second-order valence-electron chi connectivity index (χ2n) is 10.9. The van der Waals surface area contributed by atoms with Gasteiger partial charge >= 0.3 is 11.9 Å². The first-order chi connectivity index (χ1) is 16.0. The Hall–Kier alpha value is -2.61. The Bertz CT molecular complexity index is 959. The number of hydrogen-bond acceptors (Lipinski definition) is 8. The van der Waals surface area contributed by atoms with Crippen LogP contribution in [-0.4, -0.2) is 58.8 Å². The Kier molecular flexibility index (Phi) is 6.64. The average Bonchev–Trinajstić information content (AvgIpc) is 3.14. The van der Waals surface area contributed by atoms with Crippen molar-refractivity contribution in [3.63, 3.8) is 0 Å². The Morgan fingerprint density at radius 3 is 2.74 bits per heavy atom. The molecule has 0 bridgehead atoms. The lowest BCUT2D eigenvalue weighted by atomic mass is 9.75. The van der Waals surface area contributed by atoms with Gasteiger partial charge in [-0.15, -0.1) is 0 Å². The molecule has 4 rings (SSSR count). The molecule has 1 saturated heterocycles. The van der Waals surface area contributed by atoms with Crippen LogP contribution in [0.15, 0.2) is 35.2 Å². The van der Waals surface area contributed by atoms with Crippen LogP contribution in [0.2, 0.25) is 0 Å². The highest BCUT2D eigenvalue weighted by Crippen LogP contribution is 2.43. The molecule has 0 aromatic heterocycles. The van der Waals surface area contributed by atoms with Gasteiger partial charge in [-0.25, -0.2) is 0 Å². The number of nitrogens with one attached hydrogen (secondary N) is 1. The fraction of sp³-hybridized carbons (Fsp3) is 0.654. The van der Waals surface area contributed by atoms with E-state index in [1.807, 2.05) is 0 Å². The SMILES string of the molecule is CCC(O)(CC(=O)OCOC(=O)C(C)(C)C)C1=CC(=O)C2=C(C1)CC1CN3C=CCCC3C1N2. The van der Waals surface area contributed by atoms with E-state index in [9.17, 15) is 19.5 Å². The van der Waals surface area contributed by atoms with Crippen LogP contribution in [0.5, 0.6) is 0 Å². The van der Waals surface area contributed by atoms with Crippen molar-refractivity contribution in [2.75, 3.05) is 13.3 Å². The lowest BCUT2D eigenvalue weighted by Crippen LogP contribution is -2.48. The second kappa shape index (κ2) is 9.21. The van der Waals surface area contributed by atoms with E-state index in [2.05, 4.69) is 22.5 Å². The largest absolute Gasteiger partial charge is 0.428 e. The van der Waals surface area contributed by atoms with E-state index in [4.69, 9.17) is 9.47 Å². The summed E-state index contributed by atoms with van der Waals surface area (Å²) in [4.78, 5) is 39.7. The summed E-state index contributed by atoms with van der Waals surface area (Å²) in [6.45, 7) is 7.36. The van der Waals surface area contributed by atoms with Gasteiger partial charge in [0.1, 0.15) is 0 Å². The topological polar surface area (TPSA) is 105 Å². The first-order valence-electron chi connectivity index (χ1n) is 12.2. The van der Waals surface area contributed by atoms with Gasteiger partial charge in [0, 0.05) is 18.5 Å². The molecule has 4 unspecified atom stereocenters. The normalized spacial score (nSPS) is 27.7. The molecule has 186 valence electrons. The molecule has 34 heavy (non-hydrogen) atoms. The third kappa shape index (κ3) is 4.78. The molecule has 3 heterocycles. The van der Waals surface area contributed by atoms with Crippen molar-refractivity contribution >= 4 is 17.7 Å². The van der Waals surface area contributed by atoms with Crippen LogP contribution in [0.4, 0.5) is 0 Å². The van der Waals surface area contributed by atoms with Crippen molar-refractivity contribution in [1.29, 1.82) is 0 Å². The zero-order chi connectivity index (χ0) is 24.7. The minimum absolute atomic E-state index is 0.140. The quantitative estimate of drug-likeness (QED) is 0.449. The Morgan fingerprint density at radius 1 is 1.26 bits per heavy atom. The number of rotatable bonds is 6. The first kappa shape index (κ1) is 24.5. The van der Waals surface area contributed by atoms with Gasteiger partial charge in [0.05, 0.1) is 29.2 Å². The highest BCUT2D eigenvalue weighted by atomic mass is 16.7. The molecule has 4 aliphatic rings. The first-order valence-corrected chi connectivity index (χ1v) is 12.2. The molecule has 0 saturated carbocycles. The lowest BCUT2D eigenvalue weighted by molar-refractivity contribution is -0.175. The summed E-state index contributed by atoms with van der Waals surface area (Å²) in [6.07, 6.45) is 9.23. The molecule has 0 amide bonds. The zero-order valence-corrected chi connectivity index (χ0v) is 20.6. The van der Waals surface area contributed by atoms with Crippen LogP contribution >= 0.6 is 0 Å². The molecular weight excluding hydrogens is 436 g/mol. The summed E-state index contributed by atoms with van der Waals surface area (Å²) >= 11 is 0. The number of nitrogens with zero attached hydrogens (tertiary/aromatic N) is 1. The lowest BCUT2D eigenvalue weighted by Gasteiger charge is -2.38. The maximum atomic E-state index is 13.1. The van der Waals surface area contributed by atoms with E-state index in [-0.39, 0.29) is 24.7 Å². The van der Waals surface area contributed by atoms with Crippen LogP contribution in [0, 0.1) is 11.3 Å². The van der Waals surface area contributed by atoms with Gasteiger partial charge in [-0.3, -0.25) is 14.4 Å². The maximum Gasteiger partial charge on any atom is 0.314 e. The van der Waals surface area contributed by atoms with Crippen LogP contribution in [0.3, 0.4) is 0 Å². The summed E-state index contributed by atoms with van der Waals surface area (Å²) in [7, 11) is 0. The fourth-order valence-corrected chi connectivity index (χ4v) is 5.46. The number of allylic oxidation sites excluding steroid dienone is 3. The van der Waals surface area contributed by atoms with Gasteiger partial charge in [0.15, 0.2) is 0 Å². The van der Waals surface area contributed by atoms with Crippen molar-refractivity contribution in [2.24, 2.45) is 11.3 Å². The van der Waals surface area contributed by atoms with Crippen molar-refractivity contribution in [1.82, 2.24) is 10.2 Å². The Balaban J connectivity index is 1.39. The van der Waals surface area contributed by atoms with Crippen molar-refractivity contribution in [3.8, 4) is 0 Å². The van der Waals surface area contributed by atoms with Crippen molar-refractivity contribution in [3.05, 3.63) is 35.2 Å². The third-order valence-corrected chi connectivity index (χ3v) is 7.49. The van der Waals surface area contributed by atoms with Crippen LogP contribution < -0.4 is 5.32 Å². The van der Waals surface area contributed by atoms with Gasteiger partial charge in [-0.1, -0.05) is 13.0 Å². The monoisotopic (exact) mass is 472 g/mol. The molecule has 0 aromatic rings. The maximum absolute atomic E-state index is 13.1. The second-order valence-corrected chi connectivity index (χ2v) is 10.9. The summed E-state index contributed by atoms with van der Waals surface area (Å²) < 4.78 is 10.0. The van der Waals surface area contributed by atoms with Gasteiger partial charge in [-0.2, -0.15) is 0 Å². The highest BCUT2D eigenvalue weighted by Gasteiger charge is 2.46. The molecule has 4 atom stereocenters. The molecule has 8 nitrogen and oxygen atoms in total. The van der Waals surface area contributed by atoms with E-state index in [0.717, 1.165) is 31.4 Å². The van der Waals surface area contributed by atoms with Crippen LogP contribution in [0.1, 0.15) is 66.2 Å². The number of carbonyl (C=O) groups excluding carboxylic acids is 3. The summed E-state index contributed by atoms with van der Waals surface area (Å²) in [5, 5.41) is 14.9. The summed E-state index contributed by atoms with van der Waals surface area (Å²) in [6, 6.07) is 0.676. The number of esters is 2. The van der Waals surface area contributed by atoms with E-state index < -0.39 is 29.7 Å². The third-order valence-electron chi connectivity index (χ3n) is 7.49. The van der Waals surface area contributed by atoms with Gasteiger partial charge in [0.2, 0.25) is 12.6 Å². The molecule has 8 heteroatoms. The Morgan fingerprint density at radius 2 is 2.03 bits per heavy atom. The molecule has 1 fully saturated rings. The van der Waals surface area contributed by atoms with E-state index >= 15 is 0 Å². The Labute approximate surface area is 201 Å². The molecule has 3 aliphatic heterocycles. The molecule has 2 N–H and O–H groups in total. The highest BCUT2D eigenvalue weighted by molar-refractivity contribution is 6.06. The van der Waals surface area contributed by atoms with Gasteiger partial charge < -0.3 is 24.8 Å². The minimum atomic E-state index is -1.49. The predicted molar refractivity (Wildman–Crippen MR) is 125 cm³/mol. The summed E-state index contributed by atoms with van der Waals surface area (Å²) in [5.41, 5.74) is 0.0142. The van der Waals surface area contributed by atoms with Crippen LogP contribution in [0.25, 0.3) is 0 Å². The molecule has 0 radical (unpaired) electrons. The number of ether oxygens (including phenoxy) is 2. The molecule has 0 spiro atoms. The number of aliphatic hydroxyl groups is 1. The van der Waals surface area contributed by atoms with Gasteiger partial charge in [0.25, 0.3) is 0 Å². The fourth-order valence-electron chi connectivity index (χ4n) is 5.46. The van der Waals surface area contributed by atoms with Crippen molar-refractivity contribution in [2.45, 2.75) is 83.9 Å². The van der Waals surface area contributed by atoms with E-state index in [0.29, 0.717) is 29.7 Å². The van der Waals surface area contributed by atoms with E-state index in [1.165, 1.54) is 6.08 Å². The molecule has 0 aromatic carbocycles. The predicted octanol–water partition coefficient (Wildman–Crippen LogP) is 2.73. The molecular formula is C26H36N2O6.